The minimum Gasteiger partial charge on any atom is -0.258 e. The molecule has 0 aliphatic carbocycles. The van der Waals surface area contributed by atoms with Crippen LogP contribution < -0.4 is 0 Å². The minimum atomic E-state index is -0.871. The molecule has 1 aromatic carbocycles. The molecule has 13 heavy (non-hydrogen) atoms. The van der Waals surface area contributed by atoms with Crippen molar-refractivity contribution < 1.29 is 9.31 Å². The van der Waals surface area contributed by atoms with Crippen molar-refractivity contribution in [1.82, 2.24) is 0 Å². The minimum absolute atomic E-state index is 0.107. The fraction of sp³-hybridized carbons (Fsp3) is 0.143. The number of alkyl halides is 1. The average molecular weight is 268 g/mol. The molecule has 0 bridgehead atoms. The molecule has 0 saturated carbocycles. The summed E-state index contributed by atoms with van der Waals surface area (Å²) in [6.07, 6.45) is 0. The summed E-state index contributed by atoms with van der Waals surface area (Å²) in [4.78, 5) is 9.51. The Balaban J connectivity index is 3.28. The van der Waals surface area contributed by atoms with Crippen molar-refractivity contribution in [1.29, 1.82) is 0 Å². The lowest BCUT2D eigenvalue weighted by atomic mass is 10.2. The predicted octanol–water partition coefficient (Wildman–Crippen LogP) is 3.24. The highest BCUT2D eigenvalue weighted by atomic mass is 79.9. The van der Waals surface area contributed by atoms with Gasteiger partial charge in [-0.1, -0.05) is 15.9 Å². The fourth-order valence-corrected chi connectivity index (χ4v) is 1.67. The van der Waals surface area contributed by atoms with Gasteiger partial charge in [-0.3, -0.25) is 10.1 Å². The maximum atomic E-state index is 12.9. The van der Waals surface area contributed by atoms with E-state index in [0.717, 1.165) is 12.1 Å². The molecular weight excluding hydrogens is 264 g/mol. The highest BCUT2D eigenvalue weighted by Crippen LogP contribution is 2.27. The normalized spacial score (nSPS) is 10.1. The Hall–Kier alpha value is -0.680. The van der Waals surface area contributed by atoms with Gasteiger partial charge in [-0.2, -0.15) is 4.39 Å². The average Bonchev–Trinajstić information content (AvgIpc) is 2.07. The number of nitrogens with zero attached hydrogens (tertiary/aromatic N) is 1. The van der Waals surface area contributed by atoms with Crippen molar-refractivity contribution in [2.45, 2.75) is 5.88 Å². The molecule has 0 atom stereocenters. The second kappa shape index (κ2) is 4.02. The van der Waals surface area contributed by atoms with Gasteiger partial charge in [-0.15, -0.1) is 11.6 Å². The van der Waals surface area contributed by atoms with Gasteiger partial charge in [0.15, 0.2) is 0 Å². The van der Waals surface area contributed by atoms with Crippen molar-refractivity contribution in [2.24, 2.45) is 0 Å². The van der Waals surface area contributed by atoms with E-state index in [0.29, 0.717) is 10.0 Å². The van der Waals surface area contributed by atoms with Gasteiger partial charge in [0.25, 0.3) is 0 Å². The molecule has 0 aliphatic heterocycles. The molecule has 6 heteroatoms. The summed E-state index contributed by atoms with van der Waals surface area (Å²) < 4.78 is 13.4. The van der Waals surface area contributed by atoms with Crippen LogP contribution >= 0.6 is 27.5 Å². The Morgan fingerprint density at radius 1 is 1.62 bits per heavy atom. The van der Waals surface area contributed by atoms with Gasteiger partial charge in [-0.05, 0) is 11.6 Å². The second-order valence-electron chi connectivity index (χ2n) is 2.29. The Morgan fingerprint density at radius 3 is 2.69 bits per heavy atom. The number of halogens is 3. The third-order valence-electron chi connectivity index (χ3n) is 1.46. The number of nitro groups is 1. The topological polar surface area (TPSA) is 43.1 Å². The Bertz CT molecular complexity index is 359. The molecule has 1 rings (SSSR count). The smallest absolute Gasteiger partial charge is 0.258 e. The van der Waals surface area contributed by atoms with Crippen molar-refractivity contribution in [3.05, 3.63) is 38.1 Å². The zero-order chi connectivity index (χ0) is 10.0. The van der Waals surface area contributed by atoms with Crippen LogP contribution in [0.3, 0.4) is 0 Å². The molecule has 0 heterocycles. The van der Waals surface area contributed by atoms with Gasteiger partial charge in [0, 0.05) is 16.4 Å². The third-order valence-corrected chi connectivity index (χ3v) is 2.48. The lowest BCUT2D eigenvalue weighted by molar-refractivity contribution is -0.387. The predicted molar refractivity (Wildman–Crippen MR) is 50.3 cm³/mol. The van der Waals surface area contributed by atoms with E-state index in [9.17, 15) is 14.5 Å². The first-order valence-electron chi connectivity index (χ1n) is 3.24. The molecule has 0 radical (unpaired) electrons. The highest BCUT2D eigenvalue weighted by Gasteiger charge is 2.16. The van der Waals surface area contributed by atoms with E-state index >= 15 is 0 Å². The zero-order valence-electron chi connectivity index (χ0n) is 6.26. The second-order valence-corrected chi connectivity index (χ2v) is 3.41. The van der Waals surface area contributed by atoms with Gasteiger partial charge >= 0.3 is 5.69 Å². The summed E-state index contributed by atoms with van der Waals surface area (Å²) in [7, 11) is 0. The monoisotopic (exact) mass is 267 g/mol. The SMILES string of the molecule is O=[N+]([O-])c1cc(Br)c(CCl)cc1F. The molecule has 0 aromatic heterocycles. The number of hydrogen-bond acceptors (Lipinski definition) is 2. The maximum absolute atomic E-state index is 12.9. The van der Waals surface area contributed by atoms with E-state index in [1.54, 1.807) is 0 Å². The first-order chi connectivity index (χ1) is 6.06. The van der Waals surface area contributed by atoms with Crippen LogP contribution in [0.1, 0.15) is 5.56 Å². The first kappa shape index (κ1) is 10.4. The van der Waals surface area contributed by atoms with Crippen molar-refractivity contribution >= 4 is 33.2 Å². The molecule has 0 fully saturated rings. The molecule has 1 aromatic rings. The molecule has 3 nitrogen and oxygen atoms in total. The van der Waals surface area contributed by atoms with Crippen LogP contribution in [0, 0.1) is 15.9 Å². The van der Waals surface area contributed by atoms with Gasteiger partial charge in [0.2, 0.25) is 5.82 Å². The van der Waals surface area contributed by atoms with E-state index in [1.807, 2.05) is 0 Å². The molecule has 0 spiro atoms. The highest BCUT2D eigenvalue weighted by molar-refractivity contribution is 9.10. The van der Waals surface area contributed by atoms with Crippen molar-refractivity contribution in [2.75, 3.05) is 0 Å². The Morgan fingerprint density at radius 2 is 2.23 bits per heavy atom. The number of hydrogen-bond donors (Lipinski definition) is 0. The quantitative estimate of drug-likeness (QED) is 0.469. The van der Waals surface area contributed by atoms with Crippen LogP contribution in [0.5, 0.6) is 0 Å². The maximum Gasteiger partial charge on any atom is 0.305 e. The lowest BCUT2D eigenvalue weighted by Gasteiger charge is -2.00. The van der Waals surface area contributed by atoms with Gasteiger partial charge in [0.05, 0.1) is 4.92 Å². The summed E-state index contributed by atoms with van der Waals surface area (Å²) in [6.45, 7) is 0. The molecule has 70 valence electrons. The van der Waals surface area contributed by atoms with E-state index in [4.69, 9.17) is 11.6 Å². The Kier molecular flexibility index (Phi) is 3.22. The molecule has 0 unspecified atom stereocenters. The van der Waals surface area contributed by atoms with E-state index in [2.05, 4.69) is 15.9 Å². The lowest BCUT2D eigenvalue weighted by Crippen LogP contribution is -1.94. The summed E-state index contributed by atoms with van der Waals surface area (Å²) in [5.74, 6) is -0.765. The van der Waals surface area contributed by atoms with Crippen LogP contribution in [-0.2, 0) is 5.88 Å². The van der Waals surface area contributed by atoms with Gasteiger partial charge in [0.1, 0.15) is 0 Å². The molecular formula is C7H4BrClFNO2. The van der Waals surface area contributed by atoms with Crippen LogP contribution in [0.15, 0.2) is 16.6 Å². The first-order valence-corrected chi connectivity index (χ1v) is 4.57. The zero-order valence-corrected chi connectivity index (χ0v) is 8.60. The molecule has 0 amide bonds. The summed E-state index contributed by atoms with van der Waals surface area (Å²) in [5, 5.41) is 10.3. The molecule has 0 saturated heterocycles. The van der Waals surface area contributed by atoms with Crippen LogP contribution in [-0.4, -0.2) is 4.92 Å². The van der Waals surface area contributed by atoms with Gasteiger partial charge in [-0.25, -0.2) is 0 Å². The van der Waals surface area contributed by atoms with Crippen LogP contribution in [0.2, 0.25) is 0 Å². The molecule has 0 aliphatic rings. The van der Waals surface area contributed by atoms with E-state index in [-0.39, 0.29) is 5.88 Å². The van der Waals surface area contributed by atoms with Crippen molar-refractivity contribution in [3.63, 3.8) is 0 Å². The molecule has 0 N–H and O–H groups in total. The van der Waals surface area contributed by atoms with E-state index < -0.39 is 16.4 Å². The summed E-state index contributed by atoms with van der Waals surface area (Å²) in [5.41, 5.74) is -0.0643. The summed E-state index contributed by atoms with van der Waals surface area (Å²) in [6, 6.07) is 2.16. The number of nitro benzene ring substituents is 1. The standard InChI is InChI=1S/C7H4BrClFNO2/c8-5-2-7(11(12)13)6(10)1-4(5)3-9/h1-2H,3H2. The number of benzene rings is 1. The third kappa shape index (κ3) is 2.16. The largest absolute Gasteiger partial charge is 0.305 e. The summed E-state index contributed by atoms with van der Waals surface area (Å²) >= 11 is 8.52. The van der Waals surface area contributed by atoms with Gasteiger partial charge < -0.3 is 0 Å². The number of rotatable bonds is 2. The van der Waals surface area contributed by atoms with Crippen LogP contribution in [0.25, 0.3) is 0 Å². The fourth-order valence-electron chi connectivity index (χ4n) is 0.820. The van der Waals surface area contributed by atoms with E-state index in [1.165, 1.54) is 0 Å². The van der Waals surface area contributed by atoms with Crippen molar-refractivity contribution in [3.8, 4) is 0 Å². The van der Waals surface area contributed by atoms with Crippen LogP contribution in [0.4, 0.5) is 10.1 Å². The Labute approximate surface area is 86.8 Å².